The molecular formula is C33H34ClFN8O3. The van der Waals surface area contributed by atoms with Crippen LogP contribution < -0.4 is 16.0 Å². The molecule has 2 aliphatic heterocycles. The molecule has 1 unspecified atom stereocenters. The second-order valence-electron chi connectivity index (χ2n) is 11.7. The minimum Gasteiger partial charge on any atom is -0.371 e. The molecule has 0 spiro atoms. The fourth-order valence-electron chi connectivity index (χ4n) is 6.30. The first kappa shape index (κ1) is 31.2. The lowest BCUT2D eigenvalue weighted by Gasteiger charge is -2.41. The van der Waals surface area contributed by atoms with Gasteiger partial charge in [0.2, 0.25) is 5.91 Å². The maximum atomic E-state index is 14.7. The quantitative estimate of drug-likeness (QED) is 0.310. The summed E-state index contributed by atoms with van der Waals surface area (Å²) in [5, 5.41) is 10.8. The van der Waals surface area contributed by atoms with Crippen LogP contribution in [0.5, 0.6) is 0 Å². The van der Waals surface area contributed by atoms with E-state index in [0.29, 0.717) is 29.3 Å². The highest BCUT2D eigenvalue weighted by Gasteiger charge is 2.39. The molecule has 13 heteroatoms. The molecule has 0 radical (unpaired) electrons. The Morgan fingerprint density at radius 1 is 0.978 bits per heavy atom. The summed E-state index contributed by atoms with van der Waals surface area (Å²) in [6, 6.07) is 16.1. The van der Waals surface area contributed by atoms with Crippen LogP contribution >= 0.6 is 11.6 Å². The summed E-state index contributed by atoms with van der Waals surface area (Å²) in [6.45, 7) is 2.01. The van der Waals surface area contributed by atoms with Gasteiger partial charge < -0.3 is 25.8 Å². The van der Waals surface area contributed by atoms with Gasteiger partial charge in [-0.15, -0.1) is 5.10 Å². The van der Waals surface area contributed by atoms with Crippen LogP contribution in [0.4, 0.5) is 15.8 Å². The molecular weight excluding hydrogens is 611 g/mol. The van der Waals surface area contributed by atoms with Crippen molar-refractivity contribution in [3.63, 3.8) is 0 Å². The second-order valence-corrected chi connectivity index (χ2v) is 12.1. The Labute approximate surface area is 270 Å². The molecule has 3 amide bonds. The predicted molar refractivity (Wildman–Crippen MR) is 173 cm³/mol. The molecule has 0 saturated carbocycles. The van der Waals surface area contributed by atoms with Gasteiger partial charge in [0.15, 0.2) is 11.5 Å². The van der Waals surface area contributed by atoms with Crippen LogP contribution in [-0.4, -0.2) is 82.3 Å². The van der Waals surface area contributed by atoms with Crippen molar-refractivity contribution >= 4 is 40.7 Å². The van der Waals surface area contributed by atoms with E-state index in [1.165, 1.54) is 35.4 Å². The number of fused-ring (bicyclic) bond motifs is 1. The van der Waals surface area contributed by atoms with Crippen LogP contribution in [0.3, 0.4) is 0 Å². The van der Waals surface area contributed by atoms with E-state index in [9.17, 15) is 18.8 Å². The lowest BCUT2D eigenvalue weighted by atomic mass is 9.89. The van der Waals surface area contributed by atoms with Gasteiger partial charge in [0.1, 0.15) is 11.7 Å². The van der Waals surface area contributed by atoms with Gasteiger partial charge >= 0.3 is 0 Å². The van der Waals surface area contributed by atoms with Gasteiger partial charge in [-0.25, -0.2) is 9.07 Å². The van der Waals surface area contributed by atoms with Crippen LogP contribution in [0, 0.1) is 5.82 Å². The summed E-state index contributed by atoms with van der Waals surface area (Å²) in [4.78, 5) is 45.8. The minimum absolute atomic E-state index is 0.0411. The Kier molecular flexibility index (Phi) is 8.74. The highest BCUT2D eigenvalue weighted by Crippen LogP contribution is 2.38. The summed E-state index contributed by atoms with van der Waals surface area (Å²) in [6.07, 6.45) is 3.90. The second kappa shape index (κ2) is 12.9. The zero-order valence-corrected chi connectivity index (χ0v) is 26.2. The van der Waals surface area contributed by atoms with Gasteiger partial charge in [0.25, 0.3) is 11.8 Å². The molecule has 238 valence electrons. The van der Waals surface area contributed by atoms with E-state index in [1.807, 2.05) is 12.1 Å². The Balaban J connectivity index is 1.34. The fraction of sp³-hybridized carbons (Fsp3) is 0.303. The average Bonchev–Trinajstić information content (AvgIpc) is 3.55. The number of nitrogens with zero attached hydrogens (tertiary/aromatic N) is 6. The van der Waals surface area contributed by atoms with Crippen molar-refractivity contribution in [2.24, 2.45) is 5.73 Å². The first-order valence-corrected chi connectivity index (χ1v) is 15.4. The van der Waals surface area contributed by atoms with E-state index in [-0.39, 0.29) is 22.9 Å². The third kappa shape index (κ3) is 6.05. The lowest BCUT2D eigenvalue weighted by Crippen LogP contribution is -2.46. The molecule has 3 N–H and O–H groups in total. The molecule has 4 aromatic rings. The van der Waals surface area contributed by atoms with Crippen LogP contribution in [0.2, 0.25) is 5.02 Å². The highest BCUT2D eigenvalue weighted by molar-refractivity contribution is 6.30. The predicted octanol–water partition coefficient (Wildman–Crippen LogP) is 4.07. The maximum absolute atomic E-state index is 14.7. The van der Waals surface area contributed by atoms with Gasteiger partial charge in [0, 0.05) is 42.6 Å². The van der Waals surface area contributed by atoms with Gasteiger partial charge in [0.05, 0.1) is 11.2 Å². The molecule has 0 aliphatic carbocycles. The summed E-state index contributed by atoms with van der Waals surface area (Å²) < 4.78 is 15.9. The first-order valence-electron chi connectivity index (χ1n) is 15.0. The summed E-state index contributed by atoms with van der Waals surface area (Å²) >= 11 is 5.95. The Bertz CT molecular complexity index is 1790. The molecule has 2 aliphatic rings. The SMILES string of the molecule is CN(C)C1CCN(c2cccc3c2CCN(C(=O)c2cn(-c4cccc(Cl)c4F)nn2)C3C(=O)Nc2ccc(C(N)=O)cc2)CC1. The van der Waals surface area contributed by atoms with Crippen molar-refractivity contribution in [3.05, 3.63) is 100 Å². The number of anilines is 2. The summed E-state index contributed by atoms with van der Waals surface area (Å²) in [7, 11) is 4.20. The molecule has 11 nitrogen and oxygen atoms in total. The average molecular weight is 645 g/mol. The van der Waals surface area contributed by atoms with E-state index >= 15 is 0 Å². The Morgan fingerprint density at radius 2 is 1.67 bits per heavy atom. The minimum atomic E-state index is -1.00. The Hall–Kier alpha value is -4.81. The number of amides is 3. The van der Waals surface area contributed by atoms with Crippen LogP contribution in [-0.2, 0) is 11.2 Å². The van der Waals surface area contributed by atoms with Crippen molar-refractivity contribution in [3.8, 4) is 5.69 Å². The third-order valence-corrected chi connectivity index (χ3v) is 9.06. The monoisotopic (exact) mass is 644 g/mol. The van der Waals surface area contributed by atoms with E-state index in [2.05, 4.69) is 45.6 Å². The number of piperidine rings is 1. The number of hydrogen-bond acceptors (Lipinski definition) is 7. The molecule has 46 heavy (non-hydrogen) atoms. The van der Waals surface area contributed by atoms with E-state index in [4.69, 9.17) is 17.3 Å². The molecule has 1 atom stereocenters. The molecule has 1 aromatic heterocycles. The smallest absolute Gasteiger partial charge is 0.277 e. The van der Waals surface area contributed by atoms with Crippen molar-refractivity contribution in [1.82, 2.24) is 24.8 Å². The third-order valence-electron chi connectivity index (χ3n) is 8.77. The number of nitrogens with two attached hydrogens (primary N) is 1. The van der Waals surface area contributed by atoms with Gasteiger partial charge in [-0.05, 0) is 86.9 Å². The van der Waals surface area contributed by atoms with E-state index in [0.717, 1.165) is 41.9 Å². The number of aromatic nitrogens is 3. The normalized spacial score (nSPS) is 16.8. The molecule has 3 heterocycles. The van der Waals surface area contributed by atoms with E-state index in [1.54, 1.807) is 18.2 Å². The van der Waals surface area contributed by atoms with Crippen molar-refractivity contribution in [2.75, 3.05) is 43.9 Å². The lowest BCUT2D eigenvalue weighted by molar-refractivity contribution is -0.121. The van der Waals surface area contributed by atoms with Crippen molar-refractivity contribution in [2.45, 2.75) is 31.3 Å². The zero-order chi connectivity index (χ0) is 32.5. The molecule has 1 saturated heterocycles. The number of carbonyl (C=O) groups excluding carboxylic acids is 3. The largest absolute Gasteiger partial charge is 0.371 e. The number of hydrogen-bond donors (Lipinski definition) is 2. The number of primary amides is 1. The van der Waals surface area contributed by atoms with Crippen molar-refractivity contribution in [1.29, 1.82) is 0 Å². The number of nitrogens with one attached hydrogen (secondary N) is 1. The van der Waals surface area contributed by atoms with E-state index < -0.39 is 29.6 Å². The molecule has 3 aromatic carbocycles. The standard InChI is InChI=1S/C33H34ClFN8O3/c1-40(2)22-13-16-41(17-14-22)27-7-3-5-24-23(27)15-18-42(30(24)32(45)37-21-11-9-20(10-12-21)31(36)44)33(46)26-19-43(39-38-26)28-8-4-6-25(34)29(28)35/h3-12,19,22,30H,13-18H2,1-2H3,(H2,36,44)(H,37,45). The molecule has 6 rings (SSSR count). The zero-order valence-electron chi connectivity index (χ0n) is 25.5. The topological polar surface area (TPSA) is 130 Å². The maximum Gasteiger partial charge on any atom is 0.277 e. The first-order chi connectivity index (χ1) is 22.1. The van der Waals surface area contributed by atoms with Gasteiger partial charge in [-0.3, -0.25) is 14.4 Å². The number of rotatable bonds is 7. The van der Waals surface area contributed by atoms with Crippen molar-refractivity contribution < 1.29 is 18.8 Å². The molecule has 0 bridgehead atoms. The van der Waals surface area contributed by atoms with Crippen LogP contribution in [0.1, 0.15) is 50.9 Å². The number of benzene rings is 3. The highest BCUT2D eigenvalue weighted by atomic mass is 35.5. The summed E-state index contributed by atoms with van der Waals surface area (Å²) in [5.74, 6) is -2.23. The fourth-order valence-corrected chi connectivity index (χ4v) is 6.46. The number of halogens is 2. The van der Waals surface area contributed by atoms with Gasteiger partial charge in [-0.2, -0.15) is 0 Å². The molecule has 1 fully saturated rings. The van der Waals surface area contributed by atoms with Crippen LogP contribution in [0.25, 0.3) is 5.69 Å². The van der Waals surface area contributed by atoms with Crippen LogP contribution in [0.15, 0.2) is 66.9 Å². The summed E-state index contributed by atoms with van der Waals surface area (Å²) in [5.41, 5.74) is 8.91. The number of carbonyl (C=O) groups is 3. The van der Waals surface area contributed by atoms with Gasteiger partial charge in [-0.1, -0.05) is 35.0 Å². The Morgan fingerprint density at radius 3 is 2.37 bits per heavy atom.